The highest BCUT2D eigenvalue weighted by Gasteiger charge is 2.50. The molecule has 0 aromatic heterocycles. The Labute approximate surface area is 258 Å². The molecule has 0 bridgehead atoms. The lowest BCUT2D eigenvalue weighted by Gasteiger charge is -2.31. The number of hydrogen-bond acceptors (Lipinski definition) is 10. The summed E-state index contributed by atoms with van der Waals surface area (Å²) in [5, 5.41) is 0. The molecule has 6 saturated heterocycles. The molecule has 1 aromatic rings. The van der Waals surface area contributed by atoms with Crippen LogP contribution in [0.4, 0.5) is 0 Å². The van der Waals surface area contributed by atoms with Gasteiger partial charge in [-0.3, -0.25) is 9.59 Å². The fourth-order valence-corrected chi connectivity index (χ4v) is 5.28. The summed E-state index contributed by atoms with van der Waals surface area (Å²) in [5.74, 6) is -0.0543. The first-order chi connectivity index (χ1) is 20.6. The summed E-state index contributed by atoms with van der Waals surface area (Å²) < 4.78 is 46.6. The van der Waals surface area contributed by atoms with Crippen LogP contribution in [0.5, 0.6) is 11.5 Å². The van der Waals surface area contributed by atoms with Crippen molar-refractivity contribution in [1.82, 2.24) is 9.80 Å². The van der Waals surface area contributed by atoms with E-state index in [1.54, 1.807) is 21.9 Å². The number of benzene rings is 1. The largest absolute Gasteiger partial charge is 0.487 e. The van der Waals surface area contributed by atoms with Crippen LogP contribution in [-0.4, -0.2) is 134 Å². The monoisotopic (exact) mass is 616 g/mol. The van der Waals surface area contributed by atoms with Crippen molar-refractivity contribution in [2.45, 2.75) is 75.1 Å². The average Bonchev–Trinajstić information content (AvgIpc) is 3.75. The first kappa shape index (κ1) is 30.2. The molecule has 1 aromatic carbocycles. The number of hydrogen-bond donors (Lipinski definition) is 0. The molecule has 0 N–H and O–H groups in total. The van der Waals surface area contributed by atoms with Crippen molar-refractivity contribution in [3.05, 3.63) is 23.3 Å². The Kier molecular flexibility index (Phi) is 6.87. The molecule has 7 rings (SSSR count). The van der Waals surface area contributed by atoms with Gasteiger partial charge in [-0.25, -0.2) is 0 Å². The molecule has 44 heavy (non-hydrogen) atoms. The minimum absolute atomic E-state index is 0.154. The van der Waals surface area contributed by atoms with Crippen molar-refractivity contribution in [2.75, 3.05) is 79.0 Å². The number of rotatable bonds is 16. The molecule has 12 heteroatoms. The van der Waals surface area contributed by atoms with Crippen LogP contribution in [0.2, 0.25) is 0 Å². The zero-order chi connectivity index (χ0) is 31.2. The Morgan fingerprint density at radius 1 is 0.591 bits per heavy atom. The van der Waals surface area contributed by atoms with Crippen LogP contribution < -0.4 is 9.47 Å². The van der Waals surface area contributed by atoms with Crippen molar-refractivity contribution < 1.29 is 47.5 Å². The van der Waals surface area contributed by atoms with Gasteiger partial charge in [0.05, 0.1) is 76.9 Å². The van der Waals surface area contributed by atoms with Gasteiger partial charge in [0.2, 0.25) is 0 Å². The predicted octanol–water partition coefficient (Wildman–Crippen LogP) is 2.06. The van der Waals surface area contributed by atoms with E-state index in [0.717, 1.165) is 0 Å². The minimum Gasteiger partial charge on any atom is -0.487 e. The van der Waals surface area contributed by atoms with E-state index in [1.807, 2.05) is 41.5 Å². The standard InChI is InChI=1S/C32H44N2O10/c1-27(15-39-27)9-33(10-28(2)16-40-28)25(35)21-7-8-22(37-13-31(5)19-43-31)24(38-14-32(6)20-44-32)23(21)26(36)34(11-29(3)17-41-29)12-30(4)18-42-30/h7-8H,9-20H2,1-6H3. The molecule has 0 aliphatic carbocycles. The van der Waals surface area contributed by atoms with Crippen molar-refractivity contribution in [3.63, 3.8) is 0 Å². The molecule has 6 unspecified atom stereocenters. The summed E-state index contributed by atoms with van der Waals surface area (Å²) in [6.45, 7) is 17.1. The first-order valence-electron chi connectivity index (χ1n) is 15.5. The van der Waals surface area contributed by atoms with E-state index >= 15 is 0 Å². The summed E-state index contributed by atoms with van der Waals surface area (Å²) in [6.07, 6.45) is 0. The van der Waals surface area contributed by atoms with E-state index in [1.165, 1.54) is 0 Å². The van der Waals surface area contributed by atoms with Crippen molar-refractivity contribution in [1.29, 1.82) is 0 Å². The van der Waals surface area contributed by atoms with E-state index < -0.39 is 33.6 Å². The smallest absolute Gasteiger partial charge is 0.258 e. The number of amides is 2. The van der Waals surface area contributed by atoms with E-state index in [9.17, 15) is 9.59 Å². The maximum atomic E-state index is 14.8. The molecular weight excluding hydrogens is 572 g/mol. The zero-order valence-corrected chi connectivity index (χ0v) is 26.6. The molecule has 0 spiro atoms. The van der Waals surface area contributed by atoms with Gasteiger partial charge in [-0.15, -0.1) is 0 Å². The lowest BCUT2D eigenvalue weighted by Crippen LogP contribution is -2.46. The predicted molar refractivity (Wildman–Crippen MR) is 155 cm³/mol. The molecule has 2 amide bonds. The highest BCUT2D eigenvalue weighted by Crippen LogP contribution is 2.41. The third-order valence-corrected chi connectivity index (χ3v) is 9.12. The van der Waals surface area contributed by atoms with Crippen LogP contribution in [0, 0.1) is 0 Å². The third kappa shape index (κ3) is 6.85. The topological polar surface area (TPSA) is 134 Å². The fraction of sp³-hybridized carbons (Fsp3) is 0.750. The maximum Gasteiger partial charge on any atom is 0.258 e. The van der Waals surface area contributed by atoms with Crippen molar-refractivity contribution in [2.24, 2.45) is 0 Å². The average molecular weight is 617 g/mol. The number of carbonyl (C=O) groups is 2. The van der Waals surface area contributed by atoms with Gasteiger partial charge in [0.25, 0.3) is 11.8 Å². The SMILES string of the molecule is CC1(COc2ccc(C(=O)N(CC3(C)CO3)CC3(C)CO3)c(C(=O)N(CC3(C)CO3)CC3(C)CO3)c2OCC2(C)CO2)CO1. The van der Waals surface area contributed by atoms with Crippen molar-refractivity contribution >= 4 is 11.8 Å². The molecule has 6 aliphatic rings. The summed E-state index contributed by atoms with van der Waals surface area (Å²) in [4.78, 5) is 32.8. The molecule has 0 radical (unpaired) electrons. The summed E-state index contributed by atoms with van der Waals surface area (Å²) in [6, 6.07) is 3.39. The number of carbonyl (C=O) groups excluding carboxylic acids is 2. The second-order valence-corrected chi connectivity index (χ2v) is 15.1. The van der Waals surface area contributed by atoms with Crippen LogP contribution in [0.15, 0.2) is 12.1 Å². The maximum absolute atomic E-state index is 14.8. The van der Waals surface area contributed by atoms with Crippen LogP contribution in [-0.2, 0) is 28.4 Å². The summed E-state index contributed by atoms with van der Waals surface area (Å²) in [7, 11) is 0. The third-order valence-electron chi connectivity index (χ3n) is 9.12. The lowest BCUT2D eigenvalue weighted by atomic mass is 9.99. The van der Waals surface area contributed by atoms with Gasteiger partial charge in [-0.05, 0) is 53.7 Å². The number of epoxide rings is 6. The van der Waals surface area contributed by atoms with Gasteiger partial charge in [0.15, 0.2) is 11.5 Å². The van der Waals surface area contributed by atoms with E-state index in [-0.39, 0.29) is 41.9 Å². The second-order valence-electron chi connectivity index (χ2n) is 15.1. The van der Waals surface area contributed by atoms with Gasteiger partial charge >= 0.3 is 0 Å². The molecule has 6 aliphatic heterocycles. The van der Waals surface area contributed by atoms with Crippen LogP contribution in [0.25, 0.3) is 0 Å². The minimum atomic E-state index is -0.477. The van der Waals surface area contributed by atoms with Gasteiger partial charge in [0, 0.05) is 0 Å². The Bertz CT molecular complexity index is 1300. The van der Waals surface area contributed by atoms with E-state index in [2.05, 4.69) is 0 Å². The Morgan fingerprint density at radius 2 is 0.955 bits per heavy atom. The van der Waals surface area contributed by atoms with Crippen molar-refractivity contribution in [3.8, 4) is 11.5 Å². The Hall–Kier alpha value is -2.48. The number of nitrogens with zero attached hydrogens (tertiary/aromatic N) is 2. The van der Waals surface area contributed by atoms with E-state index in [4.69, 9.17) is 37.9 Å². The molecule has 0 saturated carbocycles. The summed E-state index contributed by atoms with van der Waals surface area (Å²) >= 11 is 0. The lowest BCUT2D eigenvalue weighted by molar-refractivity contribution is 0.0622. The molecule has 6 heterocycles. The molecule has 6 fully saturated rings. The van der Waals surface area contributed by atoms with Gasteiger partial charge in [-0.2, -0.15) is 0 Å². The Balaban J connectivity index is 1.29. The first-order valence-corrected chi connectivity index (χ1v) is 15.5. The Morgan fingerprint density at radius 3 is 1.34 bits per heavy atom. The molecular formula is C32H44N2O10. The second kappa shape index (κ2) is 10.0. The van der Waals surface area contributed by atoms with Crippen LogP contribution >= 0.6 is 0 Å². The number of ether oxygens (including phenoxy) is 8. The normalized spacial score (nSPS) is 38.9. The molecule has 12 nitrogen and oxygen atoms in total. The van der Waals surface area contributed by atoms with Gasteiger partial charge in [0.1, 0.15) is 46.8 Å². The van der Waals surface area contributed by atoms with E-state index in [0.29, 0.717) is 71.6 Å². The summed E-state index contributed by atoms with van der Waals surface area (Å²) in [5.41, 5.74) is -2.30. The van der Waals surface area contributed by atoms with Gasteiger partial charge < -0.3 is 47.7 Å². The zero-order valence-electron chi connectivity index (χ0n) is 26.6. The highest BCUT2D eigenvalue weighted by molar-refractivity contribution is 6.09. The fourth-order valence-electron chi connectivity index (χ4n) is 5.28. The molecule has 6 atom stereocenters. The highest BCUT2D eigenvalue weighted by atomic mass is 16.6. The van der Waals surface area contributed by atoms with Gasteiger partial charge in [-0.1, -0.05) is 0 Å². The molecule has 242 valence electrons. The van der Waals surface area contributed by atoms with Crippen LogP contribution in [0.3, 0.4) is 0 Å². The van der Waals surface area contributed by atoms with Crippen LogP contribution in [0.1, 0.15) is 62.3 Å². The quantitative estimate of drug-likeness (QED) is 0.254.